The van der Waals surface area contributed by atoms with Crippen molar-refractivity contribution < 1.29 is 33.9 Å². The molecule has 28 heavy (non-hydrogen) atoms. The third kappa shape index (κ3) is 2.73. The van der Waals surface area contributed by atoms with E-state index < -0.39 is 48.9 Å². The van der Waals surface area contributed by atoms with E-state index in [4.69, 9.17) is 4.65 Å². The molecule has 4 rings (SSSR count). The summed E-state index contributed by atoms with van der Waals surface area (Å²) in [5.74, 6) is -2.94. The van der Waals surface area contributed by atoms with Crippen molar-refractivity contribution in [2.24, 2.45) is 17.8 Å². The monoisotopic (exact) mass is 385 g/mol. The highest BCUT2D eigenvalue weighted by Gasteiger charge is 2.59. The van der Waals surface area contributed by atoms with Crippen LogP contribution in [0.3, 0.4) is 0 Å². The summed E-state index contributed by atoms with van der Waals surface area (Å²) in [6.45, 7) is 1.80. The number of phenolic OH excluding ortho intramolecular Hbond substituents is 1. The minimum absolute atomic E-state index is 0.0682. The van der Waals surface area contributed by atoms with Crippen LogP contribution in [0, 0.1) is 17.8 Å². The fourth-order valence-electron chi connectivity index (χ4n) is 4.77. The highest BCUT2D eigenvalue weighted by atomic mass is 16.5. The van der Waals surface area contributed by atoms with Gasteiger partial charge in [0.25, 0.3) is 0 Å². The molecular formula is C19H20BNO7. The highest BCUT2D eigenvalue weighted by Crippen LogP contribution is 2.51. The molecule has 1 aromatic carbocycles. The lowest BCUT2D eigenvalue weighted by molar-refractivity contribution is -0.137. The van der Waals surface area contributed by atoms with E-state index in [1.165, 1.54) is 6.07 Å². The van der Waals surface area contributed by atoms with Gasteiger partial charge in [-0.15, -0.1) is 0 Å². The summed E-state index contributed by atoms with van der Waals surface area (Å²) in [7, 11) is -0.0993. The number of phenols is 1. The molecule has 2 saturated heterocycles. The Morgan fingerprint density at radius 1 is 1.29 bits per heavy atom. The summed E-state index contributed by atoms with van der Waals surface area (Å²) in [4.78, 5) is 38.2. The summed E-state index contributed by atoms with van der Waals surface area (Å²) < 4.78 is 10.4. The van der Waals surface area contributed by atoms with E-state index in [0.717, 1.165) is 12.7 Å². The van der Waals surface area contributed by atoms with Gasteiger partial charge in [0.2, 0.25) is 11.8 Å². The smallest absolute Gasteiger partial charge is 0.487 e. The van der Waals surface area contributed by atoms with Gasteiger partial charge in [-0.2, -0.15) is 4.90 Å². The van der Waals surface area contributed by atoms with E-state index in [9.17, 15) is 24.5 Å². The molecule has 2 N–H and O–H groups in total. The van der Waals surface area contributed by atoms with Crippen molar-refractivity contribution >= 4 is 25.0 Å². The van der Waals surface area contributed by atoms with E-state index in [0.29, 0.717) is 22.4 Å². The number of rotatable bonds is 1. The average Bonchev–Trinajstić information content (AvgIpc) is 2.91. The largest absolute Gasteiger partial charge is 0.508 e. The van der Waals surface area contributed by atoms with E-state index in [1.54, 1.807) is 25.1 Å². The van der Waals surface area contributed by atoms with Crippen molar-refractivity contribution in [2.75, 3.05) is 7.11 Å². The second kappa shape index (κ2) is 6.75. The molecule has 0 unspecified atom stereocenters. The number of methoxy groups -OCH3 is 1. The van der Waals surface area contributed by atoms with Crippen molar-refractivity contribution in [2.45, 2.75) is 25.9 Å². The number of imide groups is 3. The van der Waals surface area contributed by atoms with Gasteiger partial charge in [0.05, 0.1) is 25.0 Å². The third-order valence-corrected chi connectivity index (χ3v) is 5.95. The molecule has 2 fully saturated rings. The van der Waals surface area contributed by atoms with Crippen LogP contribution in [-0.4, -0.2) is 47.2 Å². The number of hydrogen-bond donors (Lipinski definition) is 2. The van der Waals surface area contributed by atoms with Gasteiger partial charge < -0.3 is 19.5 Å². The second-order valence-electron chi connectivity index (χ2n) is 7.47. The number of fused-ring (bicyclic) bond motifs is 3. The molecule has 2 heterocycles. The Labute approximate surface area is 161 Å². The topological polar surface area (TPSA) is 113 Å². The Morgan fingerprint density at radius 3 is 2.71 bits per heavy atom. The molecule has 0 aromatic heterocycles. The predicted molar refractivity (Wildman–Crippen MR) is 96.6 cm³/mol. The van der Waals surface area contributed by atoms with Gasteiger partial charge in [0, 0.05) is 0 Å². The Hall–Kier alpha value is -2.65. The summed E-state index contributed by atoms with van der Waals surface area (Å²) in [6.07, 6.45) is -0.910. The molecule has 4 atom stereocenters. The van der Waals surface area contributed by atoms with Gasteiger partial charge in [0.15, 0.2) is 0 Å². The van der Waals surface area contributed by atoms with Crippen LogP contribution in [0.25, 0.3) is 0 Å². The van der Waals surface area contributed by atoms with Crippen molar-refractivity contribution in [1.82, 2.24) is 4.90 Å². The maximum atomic E-state index is 12.9. The van der Waals surface area contributed by atoms with Gasteiger partial charge in [-0.05, 0) is 48.9 Å². The number of carbonyl (C=O) groups excluding carboxylic acids is 3. The molecule has 2 aliphatic heterocycles. The van der Waals surface area contributed by atoms with E-state index >= 15 is 0 Å². The van der Waals surface area contributed by atoms with Crippen LogP contribution in [0.4, 0.5) is 4.79 Å². The van der Waals surface area contributed by atoms with E-state index in [-0.39, 0.29) is 12.2 Å². The van der Waals surface area contributed by atoms with Gasteiger partial charge >= 0.3 is 13.2 Å². The van der Waals surface area contributed by atoms with Crippen molar-refractivity contribution in [1.29, 1.82) is 0 Å². The first-order valence-corrected chi connectivity index (χ1v) is 9.11. The average molecular weight is 385 g/mol. The van der Waals surface area contributed by atoms with Crippen LogP contribution >= 0.6 is 0 Å². The minimum atomic E-state index is -1.22. The molecule has 1 aliphatic carbocycles. The van der Waals surface area contributed by atoms with E-state index in [2.05, 4.69) is 4.74 Å². The molecule has 8 nitrogen and oxygen atoms in total. The third-order valence-electron chi connectivity index (χ3n) is 5.95. The Bertz CT molecular complexity index is 898. The molecule has 0 saturated carbocycles. The summed E-state index contributed by atoms with van der Waals surface area (Å²) in [5.41, 5.74) is 2.06. The van der Waals surface area contributed by atoms with Gasteiger partial charge in [-0.25, -0.2) is 4.79 Å². The number of nitrogens with zero attached hydrogens (tertiary/aromatic N) is 1. The van der Waals surface area contributed by atoms with Gasteiger partial charge in [0.1, 0.15) is 5.75 Å². The number of ether oxygens (including phenoxy) is 1. The standard InChI is InChI=1S/C19H20BNO7/c1-9-6-13-15(18(24)21(17(13)23)19(25)27-2)12-8-14(28-20(26)16(9)12)10-4-3-5-11(22)7-10/h3-5,7,12-15,22,26H,6,8H2,1-2H3/t12-,13-,14-,15+/m0/s1. The first-order valence-electron chi connectivity index (χ1n) is 9.11. The van der Waals surface area contributed by atoms with Gasteiger partial charge in [-0.1, -0.05) is 17.7 Å². The van der Waals surface area contributed by atoms with Crippen molar-refractivity contribution in [3.8, 4) is 5.75 Å². The SMILES string of the molecule is COC(=O)N1C(=O)[C@H]2[C@H](CC(C)=C3B(O)O[C@H](c4cccc(O)c4)C[C@H]32)C1=O. The lowest BCUT2D eigenvalue weighted by Crippen LogP contribution is -2.44. The molecule has 3 aliphatic rings. The van der Waals surface area contributed by atoms with Gasteiger partial charge in [-0.3, -0.25) is 9.59 Å². The summed E-state index contributed by atoms with van der Waals surface area (Å²) in [6, 6.07) is 6.51. The maximum Gasteiger partial charge on any atom is 0.487 e. The minimum Gasteiger partial charge on any atom is -0.508 e. The zero-order valence-electron chi connectivity index (χ0n) is 15.5. The first-order chi connectivity index (χ1) is 13.3. The fraction of sp³-hybridized carbons (Fsp3) is 0.421. The van der Waals surface area contributed by atoms with Crippen LogP contribution in [0.5, 0.6) is 5.75 Å². The molecule has 0 radical (unpaired) electrons. The molecule has 9 heteroatoms. The Kier molecular flexibility index (Phi) is 4.51. The second-order valence-corrected chi connectivity index (χ2v) is 7.47. The van der Waals surface area contributed by atoms with Crippen LogP contribution in [-0.2, 0) is 19.0 Å². The molecule has 3 amide bonds. The number of amides is 3. The summed E-state index contributed by atoms with van der Waals surface area (Å²) >= 11 is 0. The normalized spacial score (nSPS) is 29.7. The zero-order valence-corrected chi connectivity index (χ0v) is 15.5. The zero-order chi connectivity index (χ0) is 20.2. The number of benzene rings is 1. The van der Waals surface area contributed by atoms with Crippen LogP contribution < -0.4 is 0 Å². The maximum absolute atomic E-state index is 12.9. The van der Waals surface area contributed by atoms with Crippen molar-refractivity contribution in [3.63, 3.8) is 0 Å². The fourth-order valence-corrected chi connectivity index (χ4v) is 4.77. The highest BCUT2D eigenvalue weighted by molar-refractivity contribution is 6.53. The summed E-state index contributed by atoms with van der Waals surface area (Å²) in [5, 5.41) is 20.4. The van der Waals surface area contributed by atoms with Crippen molar-refractivity contribution in [3.05, 3.63) is 40.9 Å². The first kappa shape index (κ1) is 18.7. The molecule has 1 aromatic rings. The predicted octanol–water partition coefficient (Wildman–Crippen LogP) is 1.58. The lowest BCUT2D eigenvalue weighted by atomic mass is 9.55. The number of likely N-dealkylation sites (tertiary alicyclic amines) is 1. The Morgan fingerprint density at radius 2 is 2.04 bits per heavy atom. The van der Waals surface area contributed by atoms with Crippen LogP contribution in [0.15, 0.2) is 35.3 Å². The molecular weight excluding hydrogens is 365 g/mol. The number of carbonyl (C=O) groups is 3. The Balaban J connectivity index is 1.72. The van der Waals surface area contributed by atoms with Crippen LogP contribution in [0.1, 0.15) is 31.4 Å². The lowest BCUT2D eigenvalue weighted by Gasteiger charge is -2.41. The van der Waals surface area contributed by atoms with Crippen LogP contribution in [0.2, 0.25) is 0 Å². The number of hydrogen-bond acceptors (Lipinski definition) is 7. The number of aromatic hydroxyl groups is 1. The molecule has 0 spiro atoms. The molecule has 0 bridgehead atoms. The quantitative estimate of drug-likeness (QED) is 0.557. The molecule has 146 valence electrons. The van der Waals surface area contributed by atoms with E-state index in [1.807, 2.05) is 0 Å². The number of allylic oxidation sites excluding steroid dienone is 2.